The number of halogens is 1. The number of rotatable bonds is 7. The maximum atomic E-state index is 12.9. The van der Waals surface area contributed by atoms with Crippen LogP contribution in [0.1, 0.15) is 56.5 Å². The van der Waals surface area contributed by atoms with Crippen LogP contribution in [0.4, 0.5) is 5.82 Å². The Morgan fingerprint density at radius 1 is 1.32 bits per heavy atom. The van der Waals surface area contributed by atoms with E-state index in [2.05, 4.69) is 60.5 Å². The van der Waals surface area contributed by atoms with Crippen molar-refractivity contribution in [2.45, 2.75) is 59.0 Å². The van der Waals surface area contributed by atoms with E-state index in [0.29, 0.717) is 18.9 Å². The van der Waals surface area contributed by atoms with Gasteiger partial charge in [0, 0.05) is 27.3 Å². The SMILES string of the molecule is CC(C)(CCCCCc1cc(Br)ccn1)C(=O)N1Cc2[nH]nc(N)c2C1.SS. The number of hydrogen-bond acceptors (Lipinski definition) is 6. The number of H-pyrrole nitrogens is 1. The Labute approximate surface area is 185 Å². The summed E-state index contributed by atoms with van der Waals surface area (Å²) in [5.41, 5.74) is 8.53. The molecule has 0 atom stereocenters. The fraction of sp³-hybridized carbons (Fsp3) is 0.526. The molecule has 3 rings (SSSR count). The Balaban J connectivity index is 0.00000136. The summed E-state index contributed by atoms with van der Waals surface area (Å²) in [7, 11) is 0. The lowest BCUT2D eigenvalue weighted by Crippen LogP contribution is -2.38. The van der Waals surface area contributed by atoms with Gasteiger partial charge in [0.25, 0.3) is 0 Å². The van der Waals surface area contributed by atoms with Crippen LogP contribution >= 0.6 is 39.3 Å². The van der Waals surface area contributed by atoms with Gasteiger partial charge in [0.05, 0.1) is 18.8 Å². The fourth-order valence-electron chi connectivity index (χ4n) is 3.48. The molecule has 3 N–H and O–H groups in total. The van der Waals surface area contributed by atoms with Gasteiger partial charge in [-0.25, -0.2) is 0 Å². The number of aryl methyl sites for hydroxylation is 1. The summed E-state index contributed by atoms with van der Waals surface area (Å²) in [6.07, 6.45) is 6.91. The Morgan fingerprint density at radius 3 is 2.75 bits per heavy atom. The van der Waals surface area contributed by atoms with E-state index in [4.69, 9.17) is 5.73 Å². The molecule has 0 saturated carbocycles. The number of unbranched alkanes of at least 4 members (excludes halogenated alkanes) is 2. The molecule has 6 nitrogen and oxygen atoms in total. The first-order chi connectivity index (χ1) is 13.4. The second-order valence-electron chi connectivity index (χ2n) is 7.64. The van der Waals surface area contributed by atoms with Gasteiger partial charge in [-0.2, -0.15) is 5.10 Å². The minimum atomic E-state index is -0.361. The molecular weight excluding hydrogens is 458 g/mol. The topological polar surface area (TPSA) is 87.9 Å². The number of hydrogen-bond donors (Lipinski definition) is 4. The van der Waals surface area contributed by atoms with Crippen LogP contribution in [0.5, 0.6) is 0 Å². The van der Waals surface area contributed by atoms with Crippen molar-refractivity contribution in [1.82, 2.24) is 20.1 Å². The first-order valence-electron chi connectivity index (χ1n) is 9.28. The van der Waals surface area contributed by atoms with Crippen molar-refractivity contribution in [1.29, 1.82) is 0 Å². The number of anilines is 1. The zero-order valence-corrected chi connectivity index (χ0v) is 19.7. The minimum Gasteiger partial charge on any atom is -0.382 e. The number of nitrogens with zero attached hydrogens (tertiary/aromatic N) is 3. The molecule has 0 unspecified atom stereocenters. The maximum absolute atomic E-state index is 12.9. The lowest BCUT2D eigenvalue weighted by molar-refractivity contribution is -0.141. The molecule has 0 spiro atoms. The van der Waals surface area contributed by atoms with E-state index in [-0.39, 0.29) is 11.3 Å². The number of fused-ring (bicyclic) bond motifs is 1. The third-order valence-electron chi connectivity index (χ3n) is 5.06. The fourth-order valence-corrected chi connectivity index (χ4v) is 3.86. The zero-order chi connectivity index (χ0) is 20.7. The van der Waals surface area contributed by atoms with Gasteiger partial charge in [-0.3, -0.25) is 14.9 Å². The summed E-state index contributed by atoms with van der Waals surface area (Å²) < 4.78 is 1.07. The normalized spacial score (nSPS) is 13.1. The summed E-state index contributed by atoms with van der Waals surface area (Å²) >= 11 is 9.92. The monoisotopic (exact) mass is 485 g/mol. The molecular formula is C19H28BrN5OS2. The number of thiol groups is 2. The van der Waals surface area contributed by atoms with Crippen molar-refractivity contribution in [3.05, 3.63) is 39.8 Å². The summed E-state index contributed by atoms with van der Waals surface area (Å²) in [4.78, 5) is 19.2. The van der Waals surface area contributed by atoms with Crippen molar-refractivity contribution < 1.29 is 4.79 Å². The third kappa shape index (κ3) is 5.90. The molecule has 0 saturated heterocycles. The Kier molecular flexibility index (Phi) is 8.70. The Morgan fingerprint density at radius 2 is 2.07 bits per heavy atom. The number of aromatic nitrogens is 3. The molecule has 0 bridgehead atoms. The molecule has 2 aromatic rings. The van der Waals surface area contributed by atoms with Gasteiger partial charge in [-0.15, -0.1) is 23.3 Å². The number of nitrogens with two attached hydrogens (primary N) is 1. The summed E-state index contributed by atoms with van der Waals surface area (Å²) in [6, 6.07) is 4.01. The Bertz CT molecular complexity index is 796. The number of nitrogens with one attached hydrogen (secondary N) is 1. The van der Waals surface area contributed by atoms with Crippen molar-refractivity contribution in [2.24, 2.45) is 5.41 Å². The predicted octanol–water partition coefficient (Wildman–Crippen LogP) is 4.58. The summed E-state index contributed by atoms with van der Waals surface area (Å²) in [5, 5.41) is 6.92. The van der Waals surface area contributed by atoms with E-state index >= 15 is 0 Å². The van der Waals surface area contributed by atoms with Gasteiger partial charge in [0.2, 0.25) is 5.91 Å². The van der Waals surface area contributed by atoms with E-state index in [1.165, 1.54) is 0 Å². The number of aromatic amines is 1. The number of amides is 1. The highest BCUT2D eigenvalue weighted by molar-refractivity contribution is 9.10. The number of nitrogen functional groups attached to an aromatic ring is 1. The number of carbonyl (C=O) groups is 1. The average Bonchev–Trinajstić information content (AvgIpc) is 3.24. The van der Waals surface area contributed by atoms with E-state index in [1.807, 2.05) is 31.0 Å². The quantitative estimate of drug-likeness (QED) is 0.262. The first kappa shape index (κ1) is 23.1. The van der Waals surface area contributed by atoms with Gasteiger partial charge in [0.1, 0.15) is 0 Å². The van der Waals surface area contributed by atoms with Crippen LogP contribution in [0.3, 0.4) is 0 Å². The van der Waals surface area contributed by atoms with Crippen LogP contribution in [-0.2, 0) is 24.3 Å². The second kappa shape index (κ2) is 10.5. The van der Waals surface area contributed by atoms with Crippen LogP contribution in [0, 0.1) is 5.41 Å². The van der Waals surface area contributed by atoms with Crippen LogP contribution < -0.4 is 5.73 Å². The second-order valence-corrected chi connectivity index (χ2v) is 8.55. The molecule has 3 heterocycles. The van der Waals surface area contributed by atoms with E-state index in [9.17, 15) is 4.79 Å². The standard InChI is InChI=1S/C19H26BrN5O.H2S2/c1-19(2,8-5-3-4-6-14-10-13(20)7-9-22-14)18(26)25-11-15-16(12-25)23-24-17(15)21;1-2/h7,9-10H,3-6,8,11-12H2,1-2H3,(H3,21,23,24);1-2H. The average molecular weight is 487 g/mol. The zero-order valence-electron chi connectivity index (χ0n) is 16.3. The van der Waals surface area contributed by atoms with Crippen molar-refractivity contribution in [3.63, 3.8) is 0 Å². The third-order valence-corrected chi connectivity index (χ3v) is 5.56. The molecule has 28 heavy (non-hydrogen) atoms. The molecule has 1 aliphatic heterocycles. The van der Waals surface area contributed by atoms with Gasteiger partial charge < -0.3 is 10.6 Å². The van der Waals surface area contributed by atoms with Crippen LogP contribution in [0.15, 0.2) is 22.8 Å². The van der Waals surface area contributed by atoms with Gasteiger partial charge in [-0.05, 0) is 31.4 Å². The minimum absolute atomic E-state index is 0.190. The van der Waals surface area contributed by atoms with Crippen molar-refractivity contribution in [3.8, 4) is 0 Å². The highest BCUT2D eigenvalue weighted by Gasteiger charge is 2.35. The van der Waals surface area contributed by atoms with Gasteiger partial charge >= 0.3 is 0 Å². The molecule has 0 fully saturated rings. The summed E-state index contributed by atoms with van der Waals surface area (Å²) in [6.45, 7) is 5.23. The Hall–Kier alpha value is -1.19. The molecule has 0 aliphatic carbocycles. The van der Waals surface area contributed by atoms with E-state index in [1.54, 1.807) is 0 Å². The number of pyridine rings is 1. The van der Waals surface area contributed by atoms with Gasteiger partial charge in [0.15, 0.2) is 5.82 Å². The van der Waals surface area contributed by atoms with Crippen LogP contribution in [-0.4, -0.2) is 26.0 Å². The maximum Gasteiger partial charge on any atom is 0.228 e. The first-order valence-corrected chi connectivity index (χ1v) is 11.7. The van der Waals surface area contributed by atoms with Crippen molar-refractivity contribution in [2.75, 3.05) is 5.73 Å². The smallest absolute Gasteiger partial charge is 0.228 e. The molecule has 9 heteroatoms. The molecule has 1 aliphatic rings. The highest BCUT2D eigenvalue weighted by atomic mass is 79.9. The predicted molar refractivity (Wildman–Crippen MR) is 123 cm³/mol. The summed E-state index contributed by atoms with van der Waals surface area (Å²) in [5.74, 6) is 0.699. The molecule has 0 radical (unpaired) electrons. The molecule has 2 aromatic heterocycles. The van der Waals surface area contributed by atoms with Crippen LogP contribution in [0.2, 0.25) is 0 Å². The largest absolute Gasteiger partial charge is 0.382 e. The number of carbonyl (C=O) groups excluding carboxylic acids is 1. The molecule has 1 amide bonds. The van der Waals surface area contributed by atoms with Gasteiger partial charge in [-0.1, -0.05) is 42.6 Å². The lowest BCUT2D eigenvalue weighted by Gasteiger charge is -2.29. The highest BCUT2D eigenvalue weighted by Crippen LogP contribution is 2.32. The lowest BCUT2D eigenvalue weighted by atomic mass is 9.85. The molecule has 154 valence electrons. The van der Waals surface area contributed by atoms with Crippen LogP contribution in [0.25, 0.3) is 0 Å². The van der Waals surface area contributed by atoms with E-state index in [0.717, 1.165) is 53.5 Å². The van der Waals surface area contributed by atoms with E-state index < -0.39 is 0 Å². The molecule has 0 aromatic carbocycles. The van der Waals surface area contributed by atoms with Crippen molar-refractivity contribution >= 4 is 51.0 Å².